The lowest BCUT2D eigenvalue weighted by atomic mass is 9.77. The van der Waals surface area contributed by atoms with Crippen LogP contribution in [-0.4, -0.2) is 29.9 Å². The van der Waals surface area contributed by atoms with Crippen molar-refractivity contribution in [2.24, 2.45) is 5.92 Å². The number of anilines is 1. The van der Waals surface area contributed by atoms with E-state index < -0.39 is 0 Å². The lowest BCUT2D eigenvalue weighted by Gasteiger charge is -2.38. The molecule has 0 spiro atoms. The van der Waals surface area contributed by atoms with Crippen LogP contribution < -0.4 is 5.32 Å². The summed E-state index contributed by atoms with van der Waals surface area (Å²) in [4.78, 5) is 9.45. The topological polar surface area (TPSA) is 60.6 Å². The maximum atomic E-state index is 5.03. The van der Waals surface area contributed by atoms with Crippen molar-refractivity contribution in [3.05, 3.63) is 59.9 Å². The molecule has 6 nitrogen and oxygen atoms in total. The van der Waals surface area contributed by atoms with E-state index in [1.807, 2.05) is 6.33 Å². The second-order valence-corrected chi connectivity index (χ2v) is 9.28. The van der Waals surface area contributed by atoms with Crippen LogP contribution in [0, 0.1) is 12.8 Å². The van der Waals surface area contributed by atoms with Crippen LogP contribution in [0.2, 0.25) is 0 Å². The summed E-state index contributed by atoms with van der Waals surface area (Å²) in [5.41, 5.74) is 2.61. The van der Waals surface area contributed by atoms with Gasteiger partial charge in [0.05, 0.1) is 12.0 Å². The third kappa shape index (κ3) is 2.88. The Morgan fingerprint density at radius 3 is 2.76 bits per heavy atom. The molecule has 2 bridgehead atoms. The van der Waals surface area contributed by atoms with Gasteiger partial charge in [0.1, 0.15) is 5.82 Å². The summed E-state index contributed by atoms with van der Waals surface area (Å²) in [6.07, 6.45) is 11.3. The summed E-state index contributed by atoms with van der Waals surface area (Å²) in [5.74, 6) is 3.04. The van der Waals surface area contributed by atoms with Gasteiger partial charge in [-0.2, -0.15) is 4.98 Å². The van der Waals surface area contributed by atoms with Crippen LogP contribution in [0.5, 0.6) is 0 Å². The van der Waals surface area contributed by atoms with Gasteiger partial charge in [0, 0.05) is 30.2 Å². The maximum absolute atomic E-state index is 5.03. The summed E-state index contributed by atoms with van der Waals surface area (Å²) in [6, 6.07) is 11.4. The Bertz CT molecular complexity index is 1010. The summed E-state index contributed by atoms with van der Waals surface area (Å²) < 4.78 is 4.48. The van der Waals surface area contributed by atoms with E-state index in [2.05, 4.69) is 63.0 Å². The van der Waals surface area contributed by atoms with Gasteiger partial charge >= 0.3 is 0 Å². The number of imidazole rings is 1. The number of aromatic nitrogens is 5. The van der Waals surface area contributed by atoms with Crippen LogP contribution in [0.3, 0.4) is 0 Å². The van der Waals surface area contributed by atoms with Crippen molar-refractivity contribution in [2.45, 2.75) is 69.5 Å². The van der Waals surface area contributed by atoms with E-state index in [4.69, 9.17) is 10.1 Å². The first-order valence-electron chi connectivity index (χ1n) is 11.0. The summed E-state index contributed by atoms with van der Waals surface area (Å²) in [7, 11) is 0. The Kier molecular flexibility index (Phi) is 3.83. The Morgan fingerprint density at radius 2 is 1.97 bits per heavy atom. The van der Waals surface area contributed by atoms with Crippen molar-refractivity contribution >= 4 is 5.95 Å². The number of fused-ring (bicyclic) bond motifs is 2. The number of nitrogens with zero attached hydrogens (tertiary/aromatic N) is 5. The van der Waals surface area contributed by atoms with Crippen LogP contribution >= 0.6 is 0 Å². The van der Waals surface area contributed by atoms with E-state index in [-0.39, 0.29) is 5.54 Å². The minimum absolute atomic E-state index is 0.156. The van der Waals surface area contributed by atoms with Crippen molar-refractivity contribution in [1.82, 2.24) is 24.3 Å². The molecule has 1 N–H and O–H groups in total. The predicted molar refractivity (Wildman–Crippen MR) is 112 cm³/mol. The first kappa shape index (κ1) is 17.2. The average Bonchev–Trinajstić information content (AvgIpc) is 3.44. The van der Waals surface area contributed by atoms with Crippen molar-refractivity contribution in [3.8, 4) is 0 Å². The highest BCUT2D eigenvalue weighted by molar-refractivity contribution is 5.37. The number of hydrogen-bond donors (Lipinski definition) is 1. The molecule has 150 valence electrons. The molecule has 29 heavy (non-hydrogen) atoms. The predicted octanol–water partition coefficient (Wildman–Crippen LogP) is 4.30. The maximum Gasteiger partial charge on any atom is 0.242 e. The van der Waals surface area contributed by atoms with Gasteiger partial charge in [0.2, 0.25) is 5.95 Å². The fourth-order valence-electron chi connectivity index (χ4n) is 5.88. The Morgan fingerprint density at radius 1 is 1.10 bits per heavy atom. The Hall–Kier alpha value is -2.63. The SMILES string of the molecule is Cc1cn(C2CC3(Nc4nc5n(n4)CCCCC5c4ccccc4)CC2C3)cn1. The summed E-state index contributed by atoms with van der Waals surface area (Å²) in [6.45, 7) is 3.04. The van der Waals surface area contributed by atoms with Gasteiger partial charge in [-0.05, 0) is 50.5 Å². The van der Waals surface area contributed by atoms with Gasteiger partial charge < -0.3 is 9.88 Å². The van der Waals surface area contributed by atoms with Crippen LogP contribution in [0.4, 0.5) is 5.95 Å². The fourth-order valence-corrected chi connectivity index (χ4v) is 5.88. The van der Waals surface area contributed by atoms with Crippen molar-refractivity contribution in [2.75, 3.05) is 5.32 Å². The van der Waals surface area contributed by atoms with E-state index in [0.29, 0.717) is 12.0 Å². The summed E-state index contributed by atoms with van der Waals surface area (Å²) in [5, 5.41) is 8.66. The van der Waals surface area contributed by atoms with Gasteiger partial charge in [0.15, 0.2) is 0 Å². The molecule has 3 fully saturated rings. The number of benzene rings is 1. The van der Waals surface area contributed by atoms with E-state index >= 15 is 0 Å². The van der Waals surface area contributed by atoms with Crippen LogP contribution in [0.25, 0.3) is 0 Å². The molecule has 2 aromatic heterocycles. The second-order valence-electron chi connectivity index (χ2n) is 9.28. The average molecular weight is 389 g/mol. The van der Waals surface area contributed by atoms with Crippen LogP contribution in [-0.2, 0) is 6.54 Å². The molecule has 1 aromatic carbocycles. The lowest BCUT2D eigenvalue weighted by Crippen LogP contribution is -2.43. The van der Waals surface area contributed by atoms with Crippen molar-refractivity contribution < 1.29 is 0 Å². The zero-order chi connectivity index (χ0) is 19.4. The summed E-state index contributed by atoms with van der Waals surface area (Å²) >= 11 is 0. The van der Waals surface area contributed by atoms with Crippen LogP contribution in [0.1, 0.15) is 67.6 Å². The zero-order valence-electron chi connectivity index (χ0n) is 17.0. The Labute approximate surface area is 171 Å². The number of rotatable bonds is 4. The zero-order valence-corrected chi connectivity index (χ0v) is 17.0. The van der Waals surface area contributed by atoms with E-state index in [9.17, 15) is 0 Å². The highest BCUT2D eigenvalue weighted by Crippen LogP contribution is 2.58. The van der Waals surface area contributed by atoms with Gasteiger partial charge in [0.25, 0.3) is 0 Å². The smallest absolute Gasteiger partial charge is 0.242 e. The number of hydrogen-bond acceptors (Lipinski definition) is 4. The molecule has 3 aliphatic carbocycles. The largest absolute Gasteiger partial charge is 0.347 e. The fraction of sp³-hybridized carbons (Fsp3) is 0.522. The number of aryl methyl sites for hydroxylation is 2. The molecule has 2 unspecified atom stereocenters. The van der Waals surface area contributed by atoms with Gasteiger partial charge in [-0.25, -0.2) is 9.67 Å². The molecule has 6 heteroatoms. The monoisotopic (exact) mass is 388 g/mol. The molecule has 4 aliphatic rings. The van der Waals surface area contributed by atoms with Crippen molar-refractivity contribution in [3.63, 3.8) is 0 Å². The molecule has 2 atom stereocenters. The minimum atomic E-state index is 0.156. The lowest BCUT2D eigenvalue weighted by molar-refractivity contribution is 0.251. The molecule has 0 amide bonds. The molecule has 0 radical (unpaired) electrons. The highest BCUT2D eigenvalue weighted by Gasteiger charge is 2.57. The molecule has 3 aromatic rings. The molecule has 1 aliphatic heterocycles. The van der Waals surface area contributed by atoms with Gasteiger partial charge in [-0.3, -0.25) is 0 Å². The third-order valence-corrected chi connectivity index (χ3v) is 7.27. The molecule has 3 heterocycles. The van der Waals surface area contributed by atoms with E-state index in [1.54, 1.807) is 0 Å². The van der Waals surface area contributed by atoms with Crippen LogP contribution in [0.15, 0.2) is 42.9 Å². The Balaban J connectivity index is 1.24. The highest BCUT2D eigenvalue weighted by atomic mass is 15.4. The number of nitrogens with one attached hydrogen (secondary N) is 1. The molecule has 7 rings (SSSR count). The second kappa shape index (κ2) is 6.44. The van der Waals surface area contributed by atoms with Gasteiger partial charge in [-0.1, -0.05) is 36.8 Å². The molecular weight excluding hydrogens is 360 g/mol. The molecule has 0 saturated heterocycles. The normalized spacial score (nSPS) is 30.4. The van der Waals surface area contributed by atoms with E-state index in [0.717, 1.165) is 42.8 Å². The standard InChI is InChI=1S/C23H28N6/c1-16-14-28(15-24-16)20-13-23(11-18(20)12-23)26-22-25-21-19(17-7-3-2-4-8-17)9-5-6-10-29(21)27-22/h2-4,7-8,14-15,18-20H,5-6,9-13H2,1H3,(H,26,27). The third-order valence-electron chi connectivity index (χ3n) is 7.27. The van der Waals surface area contributed by atoms with E-state index in [1.165, 1.54) is 31.2 Å². The quantitative estimate of drug-likeness (QED) is 0.724. The van der Waals surface area contributed by atoms with Gasteiger partial charge in [-0.15, -0.1) is 5.10 Å². The molecule has 3 saturated carbocycles. The molecular formula is C23H28N6. The van der Waals surface area contributed by atoms with Crippen molar-refractivity contribution in [1.29, 1.82) is 0 Å². The minimum Gasteiger partial charge on any atom is -0.347 e. The first-order valence-corrected chi connectivity index (χ1v) is 11.0. The first-order chi connectivity index (χ1) is 14.2.